The van der Waals surface area contributed by atoms with Crippen molar-refractivity contribution in [2.75, 3.05) is 20.3 Å². The van der Waals surface area contributed by atoms with Crippen LogP contribution in [0, 0.1) is 13.8 Å². The van der Waals surface area contributed by atoms with Crippen LogP contribution in [0.3, 0.4) is 0 Å². The van der Waals surface area contributed by atoms with Crippen LogP contribution in [0.1, 0.15) is 55.2 Å². The summed E-state index contributed by atoms with van der Waals surface area (Å²) in [6.45, 7) is 10.0. The average molecular weight is 542 g/mol. The van der Waals surface area contributed by atoms with Gasteiger partial charge in [0.25, 0.3) is 0 Å². The number of hydrogen-bond donors (Lipinski definition) is 1. The number of ether oxygens (including phenoxy) is 2. The summed E-state index contributed by atoms with van der Waals surface area (Å²) in [6, 6.07) is 3.79. The zero-order valence-corrected chi connectivity index (χ0v) is 22.6. The summed E-state index contributed by atoms with van der Waals surface area (Å²) in [7, 11) is 1.62. The van der Waals surface area contributed by atoms with Gasteiger partial charge in [-0.3, -0.25) is 9.97 Å². The first-order valence-electron chi connectivity index (χ1n) is 11.7. The Balaban J connectivity index is 0.000000196. The van der Waals surface area contributed by atoms with Crippen LogP contribution in [0.5, 0.6) is 5.88 Å². The van der Waals surface area contributed by atoms with Crippen LogP contribution in [0.2, 0.25) is 0 Å². The van der Waals surface area contributed by atoms with Gasteiger partial charge < -0.3 is 14.6 Å². The van der Waals surface area contributed by atoms with Crippen LogP contribution < -0.4 is 4.74 Å². The van der Waals surface area contributed by atoms with Gasteiger partial charge in [-0.15, -0.1) is 5.10 Å². The molecule has 1 N–H and O–H groups in total. The maximum atomic E-state index is 8.98. The van der Waals surface area contributed by atoms with Crippen LogP contribution in [0.15, 0.2) is 24.5 Å². The first kappa shape index (κ1) is 29.3. The molecule has 0 radical (unpaired) electrons. The molecule has 5 rings (SSSR count). The van der Waals surface area contributed by atoms with E-state index < -0.39 is 14.8 Å². The van der Waals surface area contributed by atoms with Crippen LogP contribution in [0.25, 0.3) is 11.0 Å². The quantitative estimate of drug-likeness (QED) is 0.387. The third-order valence-corrected chi connectivity index (χ3v) is 5.20. The van der Waals surface area contributed by atoms with Gasteiger partial charge in [0.15, 0.2) is 0 Å². The van der Waals surface area contributed by atoms with Crippen molar-refractivity contribution in [3.05, 3.63) is 53.0 Å². The zero-order valence-electron chi connectivity index (χ0n) is 21.4. The molecule has 0 bridgehead atoms. The Morgan fingerprint density at radius 3 is 1.86 bits per heavy atom. The Hall–Kier alpha value is -2.92. The molecular weight excluding hydrogens is 507 g/mol. The fourth-order valence-corrected chi connectivity index (χ4v) is 3.60. The van der Waals surface area contributed by atoms with E-state index in [0.717, 1.165) is 59.9 Å². The summed E-state index contributed by atoms with van der Waals surface area (Å²) >= 11 is -1.44. The van der Waals surface area contributed by atoms with Crippen molar-refractivity contribution in [3.8, 4) is 5.88 Å². The number of aryl methyl sites for hydroxylation is 4. The number of aliphatic hydroxyl groups is 1. The van der Waals surface area contributed by atoms with Crippen molar-refractivity contribution in [2.45, 2.75) is 60.0 Å². The van der Waals surface area contributed by atoms with Crippen molar-refractivity contribution in [3.63, 3.8) is 0 Å². The second-order valence-corrected chi connectivity index (χ2v) is 8.08. The standard InChI is InChI=1S/2C10H13N3O.C4H8O.Mn.2O/c1-4-8-9-5-10(14-3)12-13(9)6-7(2)11-8;1-3-9-10-4-8(6-14)12-13(10)5-7(2)11-9;1-2-4-5-3-1;;;/h5-6H,4H2,1-3H3;4-5,14H,3,6H2,1-2H3;1-4H2;;;. The molecule has 36 heavy (non-hydrogen) atoms. The molecule has 1 fully saturated rings. The van der Waals surface area contributed by atoms with E-state index in [0.29, 0.717) is 11.6 Å². The molecule has 12 heteroatoms. The average Bonchev–Trinajstić information content (AvgIpc) is 3.65. The summed E-state index contributed by atoms with van der Waals surface area (Å²) in [4.78, 5) is 8.88. The molecule has 0 aliphatic carbocycles. The Morgan fingerprint density at radius 1 is 0.944 bits per heavy atom. The summed E-state index contributed by atoms with van der Waals surface area (Å²) < 4.78 is 30.4. The molecule has 4 aromatic rings. The van der Waals surface area contributed by atoms with E-state index in [9.17, 15) is 0 Å². The molecular formula is C24H34MnN6O5. The number of methoxy groups -OCH3 is 1. The Kier molecular flexibility index (Phi) is 12.4. The second-order valence-electron chi connectivity index (χ2n) is 7.89. The SMILES string of the molecule is C1CCOC1.CCc1nc(C)cn2nc(CO)cc12.CCc1nc(C)cn2nc(OC)cc12.[O]=[Mn]=[O]. The summed E-state index contributed by atoms with van der Waals surface area (Å²) in [6.07, 6.45) is 8.10. The minimum atomic E-state index is -1.44. The first-order chi connectivity index (χ1) is 17.4. The normalized spacial score (nSPS) is 12.2. The van der Waals surface area contributed by atoms with Gasteiger partial charge in [0.1, 0.15) is 0 Å². The van der Waals surface area contributed by atoms with E-state index >= 15 is 0 Å². The van der Waals surface area contributed by atoms with Crippen LogP contribution in [-0.2, 0) is 46.7 Å². The van der Waals surface area contributed by atoms with Crippen LogP contribution >= 0.6 is 0 Å². The minimum absolute atomic E-state index is 0.0239. The van der Waals surface area contributed by atoms with E-state index in [1.807, 2.05) is 42.9 Å². The van der Waals surface area contributed by atoms with Gasteiger partial charge in [-0.05, 0) is 45.6 Å². The van der Waals surface area contributed by atoms with Gasteiger partial charge in [-0.1, -0.05) is 13.8 Å². The molecule has 1 aliphatic heterocycles. The fraction of sp³-hybridized carbons (Fsp3) is 0.500. The Labute approximate surface area is 216 Å². The first-order valence-corrected chi connectivity index (χ1v) is 12.7. The van der Waals surface area contributed by atoms with Crippen molar-refractivity contribution in [1.82, 2.24) is 29.2 Å². The van der Waals surface area contributed by atoms with Gasteiger partial charge in [0.2, 0.25) is 5.88 Å². The molecule has 1 saturated heterocycles. The summed E-state index contributed by atoms with van der Waals surface area (Å²) in [5, 5.41) is 17.5. The van der Waals surface area contributed by atoms with Crippen molar-refractivity contribution < 1.29 is 37.1 Å². The van der Waals surface area contributed by atoms with Crippen molar-refractivity contribution in [2.24, 2.45) is 0 Å². The third-order valence-electron chi connectivity index (χ3n) is 5.20. The molecule has 0 spiro atoms. The van der Waals surface area contributed by atoms with E-state index in [2.05, 4.69) is 34.0 Å². The number of aliphatic hydroxyl groups excluding tert-OH is 1. The molecule has 0 unspecified atom stereocenters. The van der Waals surface area contributed by atoms with Crippen molar-refractivity contribution >= 4 is 11.0 Å². The number of nitrogens with zero attached hydrogens (tertiary/aromatic N) is 6. The van der Waals surface area contributed by atoms with E-state index in [1.54, 1.807) is 11.6 Å². The molecule has 0 atom stereocenters. The molecule has 11 nitrogen and oxygen atoms in total. The number of fused-ring (bicyclic) bond motifs is 2. The third kappa shape index (κ3) is 8.34. The molecule has 0 saturated carbocycles. The van der Waals surface area contributed by atoms with Crippen LogP contribution in [-0.4, -0.2) is 54.6 Å². The van der Waals surface area contributed by atoms with E-state index in [4.69, 9.17) is 22.2 Å². The maximum absolute atomic E-state index is 8.98. The predicted octanol–water partition coefficient (Wildman–Crippen LogP) is 3.26. The van der Waals surface area contributed by atoms with E-state index in [-0.39, 0.29) is 6.61 Å². The number of rotatable bonds is 4. The fourth-order valence-electron chi connectivity index (χ4n) is 3.60. The van der Waals surface area contributed by atoms with Gasteiger partial charge in [-0.25, -0.2) is 9.03 Å². The number of hydrogen-bond acceptors (Lipinski definition) is 9. The topological polar surface area (TPSA) is 133 Å². The molecule has 197 valence electrons. The van der Waals surface area contributed by atoms with Gasteiger partial charge >= 0.3 is 22.5 Å². The van der Waals surface area contributed by atoms with Crippen LogP contribution in [0.4, 0.5) is 0 Å². The molecule has 0 aromatic carbocycles. The summed E-state index contributed by atoms with van der Waals surface area (Å²) in [5.41, 5.74) is 6.70. The molecule has 5 heterocycles. The van der Waals surface area contributed by atoms with E-state index in [1.165, 1.54) is 12.8 Å². The Morgan fingerprint density at radius 2 is 1.44 bits per heavy atom. The van der Waals surface area contributed by atoms with Gasteiger partial charge in [0.05, 0.1) is 65.6 Å². The second kappa shape index (κ2) is 15.2. The van der Waals surface area contributed by atoms with Gasteiger partial charge in [0, 0.05) is 19.3 Å². The molecule has 4 aromatic heterocycles. The van der Waals surface area contributed by atoms with Gasteiger partial charge in [-0.2, -0.15) is 5.10 Å². The van der Waals surface area contributed by atoms with Crippen molar-refractivity contribution in [1.29, 1.82) is 0 Å². The summed E-state index contributed by atoms with van der Waals surface area (Å²) in [5.74, 6) is 0.632. The molecule has 0 amide bonds. The predicted molar refractivity (Wildman–Crippen MR) is 128 cm³/mol. The molecule has 1 aliphatic rings. The number of aromatic nitrogens is 6. The zero-order chi connectivity index (χ0) is 26.5. The monoisotopic (exact) mass is 541 g/mol. The Bertz CT molecular complexity index is 1180.